The van der Waals surface area contributed by atoms with Gasteiger partial charge in [0.15, 0.2) is 0 Å². The van der Waals surface area contributed by atoms with Crippen molar-refractivity contribution in [3.63, 3.8) is 0 Å². The largest absolute Gasteiger partial charge is 0.468 e. The van der Waals surface area contributed by atoms with Gasteiger partial charge in [-0.1, -0.05) is 0 Å². The molecule has 4 heteroatoms. The topological polar surface area (TPSA) is 35.5 Å². The van der Waals surface area contributed by atoms with Crippen LogP contribution in [-0.4, -0.2) is 24.9 Å². The molecule has 0 aromatic heterocycles. The Balaban J connectivity index is 3.12. The fourth-order valence-corrected chi connectivity index (χ4v) is 0.831. The van der Waals surface area contributed by atoms with E-state index in [0.717, 1.165) is 12.0 Å². The number of carbonyl (C=O) groups is 1. The van der Waals surface area contributed by atoms with Crippen LogP contribution < -0.4 is 0 Å². The maximum Gasteiger partial charge on any atom is 0.317 e. The number of carbonyl (C=O) groups excluding carboxylic acids is 1. The maximum atomic E-state index is 10.5. The minimum Gasteiger partial charge on any atom is -0.468 e. The fourth-order valence-electron chi connectivity index (χ4n) is 0.277. The predicted octanol–water partition coefficient (Wildman–Crippen LogP) is 1.23. The Kier molecular flexibility index (Phi) is 5.43. The molecule has 60 valence electrons. The van der Waals surface area contributed by atoms with E-state index in [1.807, 2.05) is 13.8 Å². The van der Waals surface area contributed by atoms with Gasteiger partial charge in [0, 0.05) is 12.0 Å². The number of ether oxygens (including phenoxy) is 1. The molecule has 0 aliphatic heterocycles. The molecule has 0 radical (unpaired) electrons. The molecule has 0 spiro atoms. The van der Waals surface area contributed by atoms with Crippen LogP contribution in [0, 0.1) is 0 Å². The number of rotatable bonds is 4. The Bertz CT molecular complexity index is 103. The first-order valence-corrected chi connectivity index (χ1v) is 3.93. The molecule has 0 heterocycles. The predicted molar refractivity (Wildman–Crippen MR) is 40.7 cm³/mol. The summed E-state index contributed by atoms with van der Waals surface area (Å²) in [5.41, 5.74) is 0. The van der Waals surface area contributed by atoms with Crippen LogP contribution in [0.1, 0.15) is 13.8 Å². The summed E-state index contributed by atoms with van der Waals surface area (Å²) in [6.45, 7) is 3.81. The lowest BCUT2D eigenvalue weighted by molar-refractivity contribution is -0.137. The molecule has 10 heavy (non-hydrogen) atoms. The maximum absolute atomic E-state index is 10.5. The lowest BCUT2D eigenvalue weighted by Crippen LogP contribution is -2.05. The van der Waals surface area contributed by atoms with Crippen molar-refractivity contribution < 1.29 is 13.7 Å². The van der Waals surface area contributed by atoms with E-state index in [1.54, 1.807) is 0 Å². The first-order chi connectivity index (χ1) is 4.66. The highest BCUT2D eigenvalue weighted by atomic mass is 32.2. The van der Waals surface area contributed by atoms with Crippen LogP contribution in [0.5, 0.6) is 0 Å². The summed E-state index contributed by atoms with van der Waals surface area (Å²) >= 11 is 1.12. The first kappa shape index (κ1) is 9.78. The normalized spacial score (nSPS) is 10.0. The third-order valence-corrected chi connectivity index (χ3v) is 1.54. The third-order valence-electron chi connectivity index (χ3n) is 0.665. The van der Waals surface area contributed by atoms with Gasteiger partial charge in [0.05, 0.1) is 13.2 Å². The lowest BCUT2D eigenvalue weighted by Gasteiger charge is -2.03. The van der Waals surface area contributed by atoms with Gasteiger partial charge in [-0.3, -0.25) is 4.79 Å². The number of hydrogen-bond acceptors (Lipinski definition) is 4. The van der Waals surface area contributed by atoms with Gasteiger partial charge in [0.25, 0.3) is 0 Å². The van der Waals surface area contributed by atoms with Crippen molar-refractivity contribution in [1.82, 2.24) is 0 Å². The Morgan fingerprint density at radius 2 is 2.20 bits per heavy atom. The van der Waals surface area contributed by atoms with Crippen molar-refractivity contribution in [3.05, 3.63) is 0 Å². The van der Waals surface area contributed by atoms with Crippen molar-refractivity contribution in [2.75, 3.05) is 12.9 Å². The molecule has 0 fully saturated rings. The number of esters is 1. The highest BCUT2D eigenvalue weighted by Crippen LogP contribution is 2.06. The monoisotopic (exact) mass is 164 g/mol. The molecule has 0 bridgehead atoms. The molecular weight excluding hydrogens is 152 g/mol. The smallest absolute Gasteiger partial charge is 0.317 e. The van der Waals surface area contributed by atoms with E-state index in [-0.39, 0.29) is 17.8 Å². The summed E-state index contributed by atoms with van der Waals surface area (Å²) in [6.07, 6.45) is 0.148. The standard InChI is InChI=1S/C6H12O3S/c1-5(2)9-10-4-6(7)8-3/h5H,4H2,1-3H3. The molecule has 0 saturated carbocycles. The van der Waals surface area contributed by atoms with Crippen molar-refractivity contribution >= 4 is 18.0 Å². The van der Waals surface area contributed by atoms with E-state index >= 15 is 0 Å². The highest BCUT2D eigenvalue weighted by molar-refractivity contribution is 7.95. The summed E-state index contributed by atoms with van der Waals surface area (Å²) in [6, 6.07) is 0. The van der Waals surface area contributed by atoms with Crippen molar-refractivity contribution in [1.29, 1.82) is 0 Å². The molecule has 0 aromatic rings. The molecule has 0 unspecified atom stereocenters. The SMILES string of the molecule is COC(=O)CSOC(C)C. The molecule has 3 nitrogen and oxygen atoms in total. The van der Waals surface area contributed by atoms with Gasteiger partial charge in [-0.25, -0.2) is 0 Å². The molecule has 0 aliphatic carbocycles. The zero-order valence-electron chi connectivity index (χ0n) is 6.42. The Labute approximate surface area is 65.3 Å². The van der Waals surface area contributed by atoms with Crippen LogP contribution in [0.15, 0.2) is 0 Å². The van der Waals surface area contributed by atoms with Crippen molar-refractivity contribution in [3.8, 4) is 0 Å². The Hall–Kier alpha value is -0.220. The average Bonchev–Trinajstić information content (AvgIpc) is 1.87. The molecule has 0 aromatic carbocycles. The Morgan fingerprint density at radius 1 is 1.60 bits per heavy atom. The van der Waals surface area contributed by atoms with Gasteiger partial charge < -0.3 is 8.92 Å². The lowest BCUT2D eigenvalue weighted by atomic mass is 10.5. The summed E-state index contributed by atoms with van der Waals surface area (Å²) in [7, 11) is 1.36. The van der Waals surface area contributed by atoms with Crippen LogP contribution in [0.25, 0.3) is 0 Å². The zero-order valence-corrected chi connectivity index (χ0v) is 7.23. The summed E-state index contributed by atoms with van der Waals surface area (Å²) in [4.78, 5) is 10.5. The van der Waals surface area contributed by atoms with E-state index in [9.17, 15) is 4.79 Å². The fraction of sp³-hybridized carbons (Fsp3) is 0.833. The average molecular weight is 164 g/mol. The zero-order chi connectivity index (χ0) is 7.98. The van der Waals surface area contributed by atoms with Crippen LogP contribution in [-0.2, 0) is 13.7 Å². The van der Waals surface area contributed by atoms with E-state index in [4.69, 9.17) is 4.18 Å². The second-order valence-corrected chi connectivity index (χ2v) is 2.70. The molecule has 0 amide bonds. The molecule has 0 atom stereocenters. The molecule has 0 aliphatic rings. The summed E-state index contributed by atoms with van der Waals surface area (Å²) < 4.78 is 9.42. The minimum atomic E-state index is -0.259. The highest BCUT2D eigenvalue weighted by Gasteiger charge is 2.01. The van der Waals surface area contributed by atoms with E-state index in [2.05, 4.69) is 4.74 Å². The second kappa shape index (κ2) is 5.56. The molecular formula is C6H12O3S. The van der Waals surface area contributed by atoms with Crippen LogP contribution in [0.2, 0.25) is 0 Å². The van der Waals surface area contributed by atoms with Crippen molar-refractivity contribution in [2.45, 2.75) is 20.0 Å². The van der Waals surface area contributed by atoms with E-state index in [1.165, 1.54) is 7.11 Å². The third kappa shape index (κ3) is 5.91. The van der Waals surface area contributed by atoms with Crippen LogP contribution in [0.4, 0.5) is 0 Å². The van der Waals surface area contributed by atoms with Gasteiger partial charge in [-0.05, 0) is 13.8 Å². The van der Waals surface area contributed by atoms with Gasteiger partial charge in [-0.2, -0.15) is 0 Å². The summed E-state index contributed by atoms with van der Waals surface area (Å²) in [5, 5.41) is 0. The van der Waals surface area contributed by atoms with Crippen LogP contribution in [0.3, 0.4) is 0 Å². The summed E-state index contributed by atoms with van der Waals surface area (Å²) in [5.74, 6) is -0.0000463. The number of hydrogen-bond donors (Lipinski definition) is 0. The van der Waals surface area contributed by atoms with Gasteiger partial charge in [0.1, 0.15) is 5.75 Å². The molecule has 0 saturated heterocycles. The first-order valence-electron chi connectivity index (χ1n) is 3.02. The quantitative estimate of drug-likeness (QED) is 0.462. The van der Waals surface area contributed by atoms with E-state index < -0.39 is 0 Å². The Morgan fingerprint density at radius 3 is 2.60 bits per heavy atom. The number of methoxy groups -OCH3 is 1. The van der Waals surface area contributed by atoms with E-state index in [0.29, 0.717) is 0 Å². The minimum absolute atomic E-state index is 0.148. The van der Waals surface area contributed by atoms with Gasteiger partial charge in [-0.15, -0.1) is 0 Å². The van der Waals surface area contributed by atoms with Gasteiger partial charge >= 0.3 is 5.97 Å². The van der Waals surface area contributed by atoms with Crippen LogP contribution >= 0.6 is 12.0 Å². The van der Waals surface area contributed by atoms with Gasteiger partial charge in [0.2, 0.25) is 0 Å². The molecule has 0 N–H and O–H groups in total. The molecule has 0 rings (SSSR count). The second-order valence-electron chi connectivity index (χ2n) is 1.98. The van der Waals surface area contributed by atoms with Crippen molar-refractivity contribution in [2.24, 2.45) is 0 Å².